The molecule has 3 aromatic rings. The van der Waals surface area contributed by atoms with Crippen molar-refractivity contribution < 1.29 is 5.11 Å². The van der Waals surface area contributed by atoms with E-state index < -0.39 is 6.10 Å². The summed E-state index contributed by atoms with van der Waals surface area (Å²) in [5.41, 5.74) is 4.34. The summed E-state index contributed by atoms with van der Waals surface area (Å²) in [6.07, 6.45) is 0.0339. The Labute approximate surface area is 171 Å². The molecule has 0 aliphatic carbocycles. The lowest BCUT2D eigenvalue weighted by atomic mass is 9.96. The zero-order chi connectivity index (χ0) is 18.5. The zero-order valence-corrected chi connectivity index (χ0v) is 17.7. The van der Waals surface area contributed by atoms with Crippen molar-refractivity contribution in [3.05, 3.63) is 98.4 Å². The first-order valence-electron chi connectivity index (χ1n) is 8.53. The highest BCUT2D eigenvalue weighted by Gasteiger charge is 2.18. The van der Waals surface area contributed by atoms with Gasteiger partial charge in [0.1, 0.15) is 0 Å². The van der Waals surface area contributed by atoms with Gasteiger partial charge in [-0.3, -0.25) is 0 Å². The van der Waals surface area contributed by atoms with E-state index in [1.54, 1.807) is 0 Å². The molecule has 0 saturated heterocycles. The molecule has 2 unspecified atom stereocenters. The van der Waals surface area contributed by atoms with Crippen LogP contribution in [0.5, 0.6) is 0 Å². The van der Waals surface area contributed by atoms with Gasteiger partial charge in [-0.2, -0.15) is 0 Å². The number of anilines is 1. The number of hydrogen-bond acceptors (Lipinski definition) is 2. The molecule has 134 valence electrons. The van der Waals surface area contributed by atoms with Gasteiger partial charge in [0.15, 0.2) is 0 Å². The fourth-order valence-corrected chi connectivity index (χ4v) is 3.40. The molecule has 0 spiro atoms. The van der Waals surface area contributed by atoms with Crippen LogP contribution >= 0.6 is 31.9 Å². The summed E-state index contributed by atoms with van der Waals surface area (Å²) in [6.45, 7) is 2.08. The van der Waals surface area contributed by atoms with Crippen LogP contribution in [0.1, 0.15) is 35.3 Å². The minimum atomic E-state index is -0.547. The summed E-state index contributed by atoms with van der Waals surface area (Å²) >= 11 is 6.93. The van der Waals surface area contributed by atoms with Gasteiger partial charge >= 0.3 is 0 Å². The van der Waals surface area contributed by atoms with Crippen LogP contribution in [0.2, 0.25) is 0 Å². The molecule has 0 radical (unpaired) electrons. The van der Waals surface area contributed by atoms with Gasteiger partial charge in [-0.15, -0.1) is 0 Å². The Hall–Kier alpha value is -1.62. The van der Waals surface area contributed by atoms with E-state index >= 15 is 0 Å². The molecule has 0 aliphatic heterocycles. The van der Waals surface area contributed by atoms with Crippen molar-refractivity contribution in [2.45, 2.75) is 25.5 Å². The molecule has 3 aromatic carbocycles. The van der Waals surface area contributed by atoms with Crippen LogP contribution in [-0.2, 0) is 0 Å². The molecule has 0 aliphatic rings. The number of benzene rings is 3. The number of halogens is 2. The number of hydrogen-bond donors (Lipinski definition) is 2. The van der Waals surface area contributed by atoms with Crippen LogP contribution in [0, 0.1) is 6.92 Å². The third-order valence-corrected chi connectivity index (χ3v) is 5.44. The largest absolute Gasteiger partial charge is 0.388 e. The summed E-state index contributed by atoms with van der Waals surface area (Å²) in [5, 5.41) is 14.3. The Bertz CT molecular complexity index is 830. The van der Waals surface area contributed by atoms with E-state index in [2.05, 4.69) is 80.5 Å². The summed E-state index contributed by atoms with van der Waals surface area (Å²) in [5.74, 6) is 0. The first-order valence-corrected chi connectivity index (χ1v) is 10.1. The standard InChI is InChI=1S/C22H21Br2NO/c1-15-2-12-20(13-3-15)25-21(16-4-8-18(23)9-5-16)14-22(26)17-6-10-19(24)11-7-17/h2-13,21-22,25-26H,14H2,1H3. The van der Waals surface area contributed by atoms with Crippen LogP contribution in [0.4, 0.5) is 5.69 Å². The highest BCUT2D eigenvalue weighted by molar-refractivity contribution is 9.10. The SMILES string of the molecule is Cc1ccc(NC(CC(O)c2ccc(Br)cc2)c2ccc(Br)cc2)cc1. The molecule has 2 atom stereocenters. The second-order valence-electron chi connectivity index (χ2n) is 6.42. The summed E-state index contributed by atoms with van der Waals surface area (Å²) in [4.78, 5) is 0. The van der Waals surface area contributed by atoms with Gasteiger partial charge in [0.2, 0.25) is 0 Å². The molecule has 0 amide bonds. The first kappa shape index (κ1) is 19.2. The van der Waals surface area contributed by atoms with Gasteiger partial charge in [-0.05, 0) is 54.4 Å². The smallest absolute Gasteiger partial charge is 0.0813 e. The Balaban J connectivity index is 1.83. The topological polar surface area (TPSA) is 32.3 Å². The van der Waals surface area contributed by atoms with Gasteiger partial charge in [0.05, 0.1) is 12.1 Å². The minimum absolute atomic E-state index is 0.00412. The molecule has 0 aromatic heterocycles. The Morgan fingerprint density at radius 2 is 1.27 bits per heavy atom. The maximum Gasteiger partial charge on any atom is 0.0813 e. The van der Waals surface area contributed by atoms with E-state index in [-0.39, 0.29) is 6.04 Å². The molecule has 2 nitrogen and oxygen atoms in total. The van der Waals surface area contributed by atoms with E-state index in [1.165, 1.54) is 5.56 Å². The van der Waals surface area contributed by atoms with Crippen molar-refractivity contribution in [1.29, 1.82) is 0 Å². The van der Waals surface area contributed by atoms with Crippen LogP contribution in [0.25, 0.3) is 0 Å². The summed E-state index contributed by atoms with van der Waals surface area (Å²) in [7, 11) is 0. The first-order chi connectivity index (χ1) is 12.5. The van der Waals surface area contributed by atoms with Crippen molar-refractivity contribution in [2.75, 3.05) is 5.32 Å². The van der Waals surface area contributed by atoms with E-state index in [0.717, 1.165) is 25.8 Å². The lowest BCUT2D eigenvalue weighted by Crippen LogP contribution is -2.15. The average molecular weight is 475 g/mol. The number of aliphatic hydroxyl groups is 1. The summed E-state index contributed by atoms with van der Waals surface area (Å²) in [6, 6.07) is 24.4. The minimum Gasteiger partial charge on any atom is -0.388 e. The fraction of sp³-hybridized carbons (Fsp3) is 0.182. The molecular weight excluding hydrogens is 454 g/mol. The number of nitrogens with one attached hydrogen (secondary N) is 1. The third-order valence-electron chi connectivity index (χ3n) is 4.38. The number of rotatable bonds is 6. The van der Waals surface area contributed by atoms with Crippen molar-refractivity contribution in [2.24, 2.45) is 0 Å². The van der Waals surface area contributed by atoms with Gasteiger partial charge in [0, 0.05) is 21.1 Å². The maximum absolute atomic E-state index is 10.8. The predicted molar refractivity (Wildman–Crippen MR) is 115 cm³/mol. The highest BCUT2D eigenvalue weighted by Crippen LogP contribution is 2.31. The van der Waals surface area contributed by atoms with E-state index in [0.29, 0.717) is 6.42 Å². The van der Waals surface area contributed by atoms with Crippen LogP contribution in [-0.4, -0.2) is 5.11 Å². The van der Waals surface area contributed by atoms with Crippen LogP contribution < -0.4 is 5.32 Å². The van der Waals surface area contributed by atoms with Gasteiger partial charge in [-0.25, -0.2) is 0 Å². The molecule has 0 saturated carbocycles. The van der Waals surface area contributed by atoms with Gasteiger partial charge < -0.3 is 10.4 Å². The van der Waals surface area contributed by atoms with Gasteiger partial charge in [0.25, 0.3) is 0 Å². The van der Waals surface area contributed by atoms with Crippen molar-refractivity contribution in [3.8, 4) is 0 Å². The molecule has 2 N–H and O–H groups in total. The van der Waals surface area contributed by atoms with Crippen molar-refractivity contribution in [1.82, 2.24) is 0 Å². The van der Waals surface area contributed by atoms with Crippen LogP contribution in [0.15, 0.2) is 81.7 Å². The molecule has 0 bridgehead atoms. The Morgan fingerprint density at radius 3 is 1.81 bits per heavy atom. The summed E-state index contributed by atoms with van der Waals surface area (Å²) < 4.78 is 2.06. The predicted octanol–water partition coefficient (Wildman–Crippen LogP) is 6.80. The normalized spacial score (nSPS) is 13.2. The van der Waals surface area contributed by atoms with E-state index in [1.807, 2.05) is 36.4 Å². The number of aryl methyl sites for hydroxylation is 1. The van der Waals surface area contributed by atoms with Crippen LogP contribution in [0.3, 0.4) is 0 Å². The van der Waals surface area contributed by atoms with E-state index in [4.69, 9.17) is 0 Å². The quantitative estimate of drug-likeness (QED) is 0.411. The molecule has 4 heteroatoms. The molecule has 3 rings (SSSR count). The molecular formula is C22H21Br2NO. The van der Waals surface area contributed by atoms with Gasteiger partial charge in [-0.1, -0.05) is 73.8 Å². The lowest BCUT2D eigenvalue weighted by molar-refractivity contribution is 0.160. The highest BCUT2D eigenvalue weighted by atomic mass is 79.9. The van der Waals surface area contributed by atoms with Crippen molar-refractivity contribution >= 4 is 37.5 Å². The monoisotopic (exact) mass is 473 g/mol. The lowest BCUT2D eigenvalue weighted by Gasteiger charge is -2.24. The van der Waals surface area contributed by atoms with Crippen molar-refractivity contribution in [3.63, 3.8) is 0 Å². The Morgan fingerprint density at radius 1 is 0.769 bits per heavy atom. The third kappa shape index (κ3) is 5.19. The average Bonchev–Trinajstić information content (AvgIpc) is 2.64. The zero-order valence-electron chi connectivity index (χ0n) is 14.5. The Kier molecular flexibility index (Phi) is 6.52. The maximum atomic E-state index is 10.8. The fourth-order valence-electron chi connectivity index (χ4n) is 2.87. The van der Waals surface area contributed by atoms with E-state index in [9.17, 15) is 5.11 Å². The second kappa shape index (κ2) is 8.85. The second-order valence-corrected chi connectivity index (χ2v) is 8.25. The molecule has 0 fully saturated rings. The number of aliphatic hydroxyl groups excluding tert-OH is 1. The molecule has 26 heavy (non-hydrogen) atoms. The molecule has 0 heterocycles.